The van der Waals surface area contributed by atoms with Crippen LogP contribution in [0.4, 0.5) is 4.79 Å². The van der Waals surface area contributed by atoms with E-state index in [1.807, 2.05) is 12.1 Å². The van der Waals surface area contributed by atoms with Gasteiger partial charge < -0.3 is 30.7 Å². The number of amides is 3. The van der Waals surface area contributed by atoms with E-state index in [1.165, 1.54) is 46.6 Å². The van der Waals surface area contributed by atoms with Gasteiger partial charge in [0.1, 0.15) is 28.8 Å². The highest BCUT2D eigenvalue weighted by Gasteiger charge is 2.54. The molecule has 18 heteroatoms. The van der Waals surface area contributed by atoms with Crippen LogP contribution in [0.2, 0.25) is 10.0 Å². The van der Waals surface area contributed by atoms with Crippen molar-refractivity contribution in [3.8, 4) is 0 Å². The molecule has 3 amide bonds. The number of carboxylic acids is 2. The van der Waals surface area contributed by atoms with Crippen molar-refractivity contribution in [2.75, 3.05) is 23.8 Å². The molecular weight excluding hydrogens is 751 g/mol. The van der Waals surface area contributed by atoms with E-state index in [9.17, 15) is 34.2 Å². The third kappa shape index (κ3) is 10.8. The second kappa shape index (κ2) is 17.2. The highest BCUT2D eigenvalue weighted by molar-refractivity contribution is 8.01. The summed E-state index contributed by atoms with van der Waals surface area (Å²) in [6.07, 6.45) is 4.29. The molecule has 2 aromatic rings. The third-order valence-electron chi connectivity index (χ3n) is 6.96. The molecule has 1 aromatic heterocycles. The molecule has 0 radical (unpaired) electrons. The summed E-state index contributed by atoms with van der Waals surface area (Å²) in [4.78, 5) is 63.3. The Bertz CT molecular complexity index is 1720. The average molecular weight is 787 g/mol. The van der Waals surface area contributed by atoms with Crippen molar-refractivity contribution >= 4 is 94.4 Å². The van der Waals surface area contributed by atoms with Crippen molar-refractivity contribution in [3.05, 3.63) is 69.6 Å². The number of carbonyl (C=O) groups excluding carboxylic acids is 3. The zero-order valence-corrected chi connectivity index (χ0v) is 31.0. The van der Waals surface area contributed by atoms with E-state index in [2.05, 4.69) is 10.6 Å². The number of hydrogen-bond donors (Lipinski definition) is 5. The maximum atomic E-state index is 13.1. The smallest absolute Gasteiger partial charge is 0.407 e. The quantitative estimate of drug-likeness (QED) is 0.0807. The standard InChI is InChI=1S/C32H34Cl2N4O9S3/c1-32(2,3)47-31(46)35-12-19(39)13-37-8-6-20(7-9-37)48-14-18-15-50-29-26(28(43)38(29)27(18)30(44)45)36-24(40)16-49-23-11-21(33)17(10-22(23)34)4-5-25(41)42/h4-11,19,26,29,39H,12-16H2,1-3H3,(H3-,35,36,40,41,42,44,45,46)/p+1/t19?,26-,29-/m1/s1. The number of thioether (sulfide) groups is 3. The van der Waals surface area contributed by atoms with E-state index < -0.39 is 53.0 Å². The number of carbonyl (C=O) groups is 5. The minimum absolute atomic E-state index is 0.0114. The SMILES string of the molecule is CC(C)(C)OC(=O)NCC(O)C[n+]1ccc(SCC2=C(C(=O)O)N3C(=O)[C@@H](NC(=O)CSc4cc(Cl)c(C=CC(=O)O)cc4Cl)[C@H]3SC2)cc1. The fourth-order valence-electron chi connectivity index (χ4n) is 4.75. The van der Waals surface area contributed by atoms with Gasteiger partial charge in [0.25, 0.3) is 5.91 Å². The minimum Gasteiger partial charge on any atom is -0.478 e. The minimum atomic E-state index is -1.23. The van der Waals surface area contributed by atoms with Gasteiger partial charge in [-0.1, -0.05) is 23.2 Å². The van der Waals surface area contributed by atoms with Gasteiger partial charge >= 0.3 is 18.0 Å². The number of nitrogens with one attached hydrogen (secondary N) is 2. The van der Waals surface area contributed by atoms with E-state index in [1.54, 1.807) is 37.7 Å². The fourth-order valence-corrected chi connectivity index (χ4v) is 8.52. The Morgan fingerprint density at radius 3 is 2.48 bits per heavy atom. The summed E-state index contributed by atoms with van der Waals surface area (Å²) in [5.41, 5.74) is 0.246. The highest BCUT2D eigenvalue weighted by Crippen LogP contribution is 2.42. The fraction of sp³-hybridized carbons (Fsp3) is 0.375. The Morgan fingerprint density at radius 2 is 1.84 bits per heavy atom. The van der Waals surface area contributed by atoms with Crippen molar-refractivity contribution in [2.24, 2.45) is 0 Å². The number of benzene rings is 1. The lowest BCUT2D eigenvalue weighted by atomic mass is 10.0. The normalized spacial score (nSPS) is 18.0. The number of hydrogen-bond acceptors (Lipinski definition) is 10. The summed E-state index contributed by atoms with van der Waals surface area (Å²) in [5, 5.41) is 34.3. The number of β-lactam (4-membered cyclic amide) rings is 1. The van der Waals surface area contributed by atoms with Crippen LogP contribution in [0.15, 0.2) is 63.8 Å². The average Bonchev–Trinajstić information content (AvgIpc) is 3.04. The molecule has 50 heavy (non-hydrogen) atoms. The molecule has 3 heterocycles. The maximum Gasteiger partial charge on any atom is 0.407 e. The van der Waals surface area contributed by atoms with Crippen LogP contribution in [0.3, 0.4) is 0 Å². The molecule has 4 rings (SSSR count). The molecule has 2 aliphatic rings. The Labute approximate surface area is 310 Å². The van der Waals surface area contributed by atoms with E-state index >= 15 is 0 Å². The van der Waals surface area contributed by atoms with Gasteiger partial charge in [0, 0.05) is 44.5 Å². The first kappa shape index (κ1) is 39.4. The van der Waals surface area contributed by atoms with Crippen molar-refractivity contribution < 1.29 is 48.6 Å². The number of ether oxygens (including phenoxy) is 1. The van der Waals surface area contributed by atoms with Crippen LogP contribution < -0.4 is 15.2 Å². The molecule has 3 atom stereocenters. The molecule has 0 aliphatic carbocycles. The molecule has 268 valence electrons. The molecule has 1 saturated heterocycles. The number of halogens is 2. The van der Waals surface area contributed by atoms with E-state index in [0.29, 0.717) is 27.5 Å². The molecular formula is C32H35Cl2N4O9S3+. The molecule has 0 spiro atoms. The molecule has 5 N–H and O–H groups in total. The summed E-state index contributed by atoms with van der Waals surface area (Å²) in [6, 6.07) is 5.76. The van der Waals surface area contributed by atoms with Crippen molar-refractivity contribution in [1.29, 1.82) is 0 Å². The third-order valence-corrected chi connectivity index (χ3v) is 11.2. The lowest BCUT2D eigenvalue weighted by molar-refractivity contribution is -0.703. The first-order valence-corrected chi connectivity index (χ1v) is 18.8. The van der Waals surface area contributed by atoms with Crippen LogP contribution in [0.1, 0.15) is 26.3 Å². The number of carboxylic acid groups (broad SMARTS) is 2. The Kier molecular flexibility index (Phi) is 13.5. The van der Waals surface area contributed by atoms with Gasteiger partial charge in [0.15, 0.2) is 18.9 Å². The summed E-state index contributed by atoms with van der Waals surface area (Å²) in [7, 11) is 0. The Hall–Kier alpha value is -3.41. The molecule has 2 aliphatic heterocycles. The molecule has 1 fully saturated rings. The number of aliphatic hydroxyl groups is 1. The summed E-state index contributed by atoms with van der Waals surface area (Å²) < 4.78 is 6.92. The van der Waals surface area contributed by atoms with Crippen LogP contribution in [-0.4, -0.2) is 97.0 Å². The zero-order valence-electron chi connectivity index (χ0n) is 27.1. The highest BCUT2D eigenvalue weighted by atomic mass is 35.5. The number of nitrogens with zero attached hydrogens (tertiary/aromatic N) is 2. The van der Waals surface area contributed by atoms with Crippen molar-refractivity contribution in [1.82, 2.24) is 15.5 Å². The Morgan fingerprint density at radius 1 is 1.14 bits per heavy atom. The van der Waals surface area contributed by atoms with E-state index in [0.717, 1.165) is 22.7 Å². The monoisotopic (exact) mass is 785 g/mol. The predicted molar refractivity (Wildman–Crippen MR) is 191 cm³/mol. The lowest BCUT2D eigenvalue weighted by Crippen LogP contribution is -2.70. The largest absolute Gasteiger partial charge is 0.478 e. The number of fused-ring (bicyclic) bond motifs is 1. The van der Waals surface area contributed by atoms with Crippen LogP contribution in [-0.2, 0) is 30.5 Å². The first-order chi connectivity index (χ1) is 23.5. The number of aliphatic carboxylic acids is 2. The molecule has 13 nitrogen and oxygen atoms in total. The lowest BCUT2D eigenvalue weighted by Gasteiger charge is -2.49. The number of alkyl carbamates (subject to hydrolysis) is 1. The van der Waals surface area contributed by atoms with Gasteiger partial charge in [-0.3, -0.25) is 14.5 Å². The maximum absolute atomic E-state index is 13.1. The number of rotatable bonds is 14. The molecule has 0 bridgehead atoms. The van der Waals surface area contributed by atoms with Crippen LogP contribution in [0.25, 0.3) is 6.08 Å². The zero-order chi connectivity index (χ0) is 36.7. The van der Waals surface area contributed by atoms with Crippen LogP contribution in [0.5, 0.6) is 0 Å². The van der Waals surface area contributed by atoms with Gasteiger partial charge in [0.05, 0.1) is 17.3 Å². The van der Waals surface area contributed by atoms with Gasteiger partial charge in [0.2, 0.25) is 5.91 Å². The number of aliphatic hydroxyl groups excluding tert-OH is 1. The summed E-state index contributed by atoms with van der Waals surface area (Å²) in [6.45, 7) is 5.48. The topological polar surface area (TPSA) is 186 Å². The Balaban J connectivity index is 1.28. The van der Waals surface area contributed by atoms with E-state index in [4.69, 9.17) is 33.0 Å². The second-order valence-electron chi connectivity index (χ2n) is 12.0. The van der Waals surface area contributed by atoms with Gasteiger partial charge in [-0.15, -0.1) is 35.3 Å². The van der Waals surface area contributed by atoms with Gasteiger partial charge in [-0.25, -0.2) is 19.0 Å². The number of pyridine rings is 1. The predicted octanol–water partition coefficient (Wildman–Crippen LogP) is 3.89. The van der Waals surface area contributed by atoms with Crippen molar-refractivity contribution in [2.45, 2.75) is 60.2 Å². The first-order valence-electron chi connectivity index (χ1n) is 15.0. The molecule has 1 unspecified atom stereocenters. The van der Waals surface area contributed by atoms with Crippen LogP contribution >= 0.6 is 58.5 Å². The van der Waals surface area contributed by atoms with Crippen molar-refractivity contribution in [3.63, 3.8) is 0 Å². The van der Waals surface area contributed by atoms with Gasteiger partial charge in [-0.05, 0) is 50.1 Å². The molecule has 1 aromatic carbocycles. The number of aromatic nitrogens is 1. The summed E-state index contributed by atoms with van der Waals surface area (Å²) in [5.74, 6) is -2.76. The summed E-state index contributed by atoms with van der Waals surface area (Å²) >= 11 is 16.4. The molecule has 0 saturated carbocycles. The second-order valence-corrected chi connectivity index (χ2v) is 16.0. The van der Waals surface area contributed by atoms with Gasteiger partial charge in [-0.2, -0.15) is 0 Å². The van der Waals surface area contributed by atoms with Crippen LogP contribution in [0, 0.1) is 0 Å². The van der Waals surface area contributed by atoms with E-state index in [-0.39, 0.29) is 34.6 Å².